The lowest BCUT2D eigenvalue weighted by molar-refractivity contribution is -0.151. The molecule has 10 heteroatoms. The zero-order valence-electron chi connectivity index (χ0n) is 20.5. The van der Waals surface area contributed by atoms with Gasteiger partial charge in [0, 0.05) is 35.8 Å². The van der Waals surface area contributed by atoms with Gasteiger partial charge in [0.15, 0.2) is 0 Å². The number of fused-ring (bicyclic) bond motifs is 2. The Bertz CT molecular complexity index is 1190. The molecule has 0 radical (unpaired) electrons. The van der Waals surface area contributed by atoms with E-state index in [-0.39, 0.29) is 30.1 Å². The maximum atomic E-state index is 13.7. The number of amides is 3. The van der Waals surface area contributed by atoms with Gasteiger partial charge in [0.05, 0.1) is 14.2 Å². The van der Waals surface area contributed by atoms with Gasteiger partial charge in [0.2, 0.25) is 11.8 Å². The number of carbonyl (C=O) groups excluding carboxylic acids is 4. The van der Waals surface area contributed by atoms with Crippen molar-refractivity contribution in [3.63, 3.8) is 0 Å². The summed E-state index contributed by atoms with van der Waals surface area (Å²) in [5.41, 5.74) is 1.21. The van der Waals surface area contributed by atoms with Gasteiger partial charge >= 0.3 is 5.97 Å². The van der Waals surface area contributed by atoms with E-state index < -0.39 is 29.9 Å². The van der Waals surface area contributed by atoms with Crippen molar-refractivity contribution in [3.8, 4) is 5.75 Å². The van der Waals surface area contributed by atoms with E-state index in [0.29, 0.717) is 31.0 Å². The van der Waals surface area contributed by atoms with E-state index in [0.717, 1.165) is 30.2 Å². The molecule has 3 heterocycles. The highest BCUT2D eigenvalue weighted by molar-refractivity contribution is 6.01. The molecule has 3 fully saturated rings. The normalized spacial score (nSPS) is 25.9. The van der Waals surface area contributed by atoms with Crippen molar-refractivity contribution >= 4 is 34.6 Å². The minimum Gasteiger partial charge on any atom is -0.496 e. The molecule has 10 nitrogen and oxygen atoms in total. The molecule has 0 spiro atoms. The monoisotopic (exact) mass is 496 g/mol. The number of hydrogen-bond acceptors (Lipinski definition) is 6. The highest BCUT2D eigenvalue weighted by Gasteiger charge is 2.48. The summed E-state index contributed by atoms with van der Waals surface area (Å²) in [5.74, 6) is -2.00. The van der Waals surface area contributed by atoms with Crippen molar-refractivity contribution in [3.05, 3.63) is 30.0 Å². The molecule has 1 aromatic carbocycles. The number of benzene rings is 1. The lowest BCUT2D eigenvalue weighted by Crippen LogP contribution is -2.52. The van der Waals surface area contributed by atoms with Crippen molar-refractivity contribution in [2.24, 2.45) is 23.7 Å². The van der Waals surface area contributed by atoms with Crippen LogP contribution in [0, 0.1) is 23.7 Å². The second kappa shape index (κ2) is 9.83. The molecule has 0 unspecified atom stereocenters. The summed E-state index contributed by atoms with van der Waals surface area (Å²) in [6.45, 7) is 1.07. The molecule has 2 aromatic rings. The van der Waals surface area contributed by atoms with Crippen LogP contribution in [-0.2, 0) is 19.1 Å². The number of rotatable bonds is 7. The predicted molar refractivity (Wildman–Crippen MR) is 130 cm³/mol. The number of aromatic nitrogens is 1. The fourth-order valence-electron chi connectivity index (χ4n) is 6.13. The summed E-state index contributed by atoms with van der Waals surface area (Å²) >= 11 is 0. The molecule has 0 bridgehead atoms. The maximum absolute atomic E-state index is 13.7. The highest BCUT2D eigenvalue weighted by atomic mass is 16.5. The van der Waals surface area contributed by atoms with Crippen LogP contribution in [0.2, 0.25) is 0 Å². The Hall–Kier alpha value is -3.56. The number of carbonyl (C=O) groups is 4. The van der Waals surface area contributed by atoms with Crippen molar-refractivity contribution in [2.75, 3.05) is 27.3 Å². The molecule has 5 rings (SSSR count). The van der Waals surface area contributed by atoms with E-state index in [9.17, 15) is 19.2 Å². The van der Waals surface area contributed by atoms with Crippen LogP contribution in [0.25, 0.3) is 10.9 Å². The Morgan fingerprint density at radius 3 is 2.75 bits per heavy atom. The van der Waals surface area contributed by atoms with E-state index in [4.69, 9.17) is 9.47 Å². The second-order valence-corrected chi connectivity index (χ2v) is 9.96. The van der Waals surface area contributed by atoms with Crippen LogP contribution in [0.1, 0.15) is 42.6 Å². The van der Waals surface area contributed by atoms with Crippen molar-refractivity contribution < 1.29 is 28.7 Å². The molecule has 5 atom stereocenters. The molecule has 36 heavy (non-hydrogen) atoms. The van der Waals surface area contributed by atoms with E-state index in [1.54, 1.807) is 18.1 Å². The Morgan fingerprint density at radius 2 is 2.03 bits per heavy atom. The van der Waals surface area contributed by atoms with Crippen LogP contribution in [-0.4, -0.2) is 67.0 Å². The molecule has 192 valence electrons. The Morgan fingerprint density at radius 1 is 1.19 bits per heavy atom. The smallest absolute Gasteiger partial charge is 0.318 e. The number of aromatic amines is 1. The van der Waals surface area contributed by atoms with Crippen LogP contribution in [0.3, 0.4) is 0 Å². The molecule has 2 aliphatic heterocycles. The van der Waals surface area contributed by atoms with Crippen LogP contribution < -0.4 is 15.4 Å². The topological polar surface area (TPSA) is 130 Å². The fourth-order valence-corrected chi connectivity index (χ4v) is 6.13. The maximum Gasteiger partial charge on any atom is 0.318 e. The first-order valence-corrected chi connectivity index (χ1v) is 12.5. The van der Waals surface area contributed by atoms with E-state index in [1.165, 1.54) is 7.11 Å². The number of methoxy groups -OCH3 is 2. The quantitative estimate of drug-likeness (QED) is 0.396. The molecule has 3 N–H and O–H groups in total. The third kappa shape index (κ3) is 4.29. The van der Waals surface area contributed by atoms with E-state index in [1.807, 2.05) is 18.2 Å². The summed E-state index contributed by atoms with van der Waals surface area (Å²) in [4.78, 5) is 56.6. The van der Waals surface area contributed by atoms with Gasteiger partial charge in [-0.2, -0.15) is 0 Å². The van der Waals surface area contributed by atoms with Crippen LogP contribution >= 0.6 is 0 Å². The van der Waals surface area contributed by atoms with Crippen molar-refractivity contribution in [2.45, 2.75) is 38.3 Å². The van der Waals surface area contributed by atoms with Crippen LogP contribution in [0.5, 0.6) is 5.75 Å². The summed E-state index contributed by atoms with van der Waals surface area (Å²) in [7, 11) is 2.82. The molecule has 3 aliphatic rings. The van der Waals surface area contributed by atoms with E-state index >= 15 is 0 Å². The number of hydrogen-bond donors (Lipinski definition) is 3. The summed E-state index contributed by atoms with van der Waals surface area (Å²) in [5, 5.41) is 6.56. The van der Waals surface area contributed by atoms with Gasteiger partial charge in [0.1, 0.15) is 23.5 Å². The number of ether oxygens (including phenoxy) is 2. The van der Waals surface area contributed by atoms with Gasteiger partial charge in [-0.3, -0.25) is 19.2 Å². The second-order valence-electron chi connectivity index (χ2n) is 9.96. The molecular weight excluding hydrogens is 464 g/mol. The molecule has 1 aromatic heterocycles. The highest BCUT2D eigenvalue weighted by Crippen LogP contribution is 2.42. The average molecular weight is 497 g/mol. The van der Waals surface area contributed by atoms with Crippen LogP contribution in [0.4, 0.5) is 0 Å². The Labute approximate surface area is 209 Å². The number of H-pyrrole nitrogens is 1. The SMILES string of the molecule is COC(=O)[C@@H](C[C@H]1CCNC1=O)C(=O)N[C@@H]1[C@H]2CCC[C@H]2CN1C(=O)c1cc2c(OC)cccc2[nH]1. The molecule has 2 saturated heterocycles. The summed E-state index contributed by atoms with van der Waals surface area (Å²) < 4.78 is 10.3. The van der Waals surface area contributed by atoms with Gasteiger partial charge in [-0.1, -0.05) is 12.5 Å². The summed E-state index contributed by atoms with van der Waals surface area (Å²) in [6.07, 6.45) is 3.05. The zero-order chi connectivity index (χ0) is 25.4. The number of esters is 1. The minimum absolute atomic E-state index is 0.0842. The molecule has 1 aliphatic carbocycles. The van der Waals surface area contributed by atoms with Gasteiger partial charge in [-0.05, 0) is 49.8 Å². The molecule has 1 saturated carbocycles. The lowest BCUT2D eigenvalue weighted by Gasteiger charge is -2.30. The van der Waals surface area contributed by atoms with Gasteiger partial charge in [-0.25, -0.2) is 0 Å². The number of nitrogens with zero attached hydrogens (tertiary/aromatic N) is 1. The fraction of sp³-hybridized carbons (Fsp3) is 0.538. The molecule has 3 amide bonds. The van der Waals surface area contributed by atoms with E-state index in [2.05, 4.69) is 15.6 Å². The Balaban J connectivity index is 1.39. The zero-order valence-corrected chi connectivity index (χ0v) is 20.5. The first kappa shape index (κ1) is 24.1. The standard InChI is InChI=1S/C26H32N4O6/c1-35-21-8-4-7-19-17(21)12-20(28-19)25(33)30-13-15-5-3-6-16(15)22(30)29-24(32)18(26(34)36-2)11-14-9-10-27-23(14)31/h4,7-8,12,14-16,18,22,28H,3,5-6,9-11,13H2,1-2H3,(H,27,31)(H,29,32)/t14-,15+,16+,18+,22+/m1/s1. The minimum atomic E-state index is -1.11. The third-order valence-electron chi connectivity index (χ3n) is 8.00. The van der Waals surface area contributed by atoms with Crippen LogP contribution in [0.15, 0.2) is 24.3 Å². The predicted octanol–water partition coefficient (Wildman–Crippen LogP) is 1.81. The van der Waals surface area contributed by atoms with Gasteiger partial charge in [-0.15, -0.1) is 0 Å². The van der Waals surface area contributed by atoms with Crippen molar-refractivity contribution in [1.82, 2.24) is 20.5 Å². The third-order valence-corrected chi connectivity index (χ3v) is 8.00. The van der Waals surface area contributed by atoms with Crippen molar-refractivity contribution in [1.29, 1.82) is 0 Å². The average Bonchev–Trinajstić information content (AvgIpc) is 3.66. The summed E-state index contributed by atoms with van der Waals surface area (Å²) in [6, 6.07) is 7.35. The first-order valence-electron chi connectivity index (χ1n) is 12.5. The number of likely N-dealkylation sites (tertiary alicyclic amines) is 1. The Kier molecular flexibility index (Phi) is 6.59. The van der Waals surface area contributed by atoms with Gasteiger partial charge < -0.3 is 30.0 Å². The van der Waals surface area contributed by atoms with Gasteiger partial charge in [0.25, 0.3) is 5.91 Å². The number of nitrogens with one attached hydrogen (secondary N) is 3. The lowest BCUT2D eigenvalue weighted by atomic mass is 9.92. The largest absolute Gasteiger partial charge is 0.496 e. The first-order chi connectivity index (χ1) is 17.4. The molecular formula is C26H32N4O6.